The lowest BCUT2D eigenvalue weighted by atomic mass is 10.0. The topological polar surface area (TPSA) is 85.9 Å². The van der Waals surface area contributed by atoms with Crippen molar-refractivity contribution in [1.82, 2.24) is 5.32 Å². The van der Waals surface area contributed by atoms with Gasteiger partial charge in [-0.25, -0.2) is 0 Å². The van der Waals surface area contributed by atoms with Crippen molar-refractivity contribution in [2.75, 3.05) is 25.1 Å². The number of ether oxygens (including phenoxy) is 3. The minimum atomic E-state index is -0.271. The summed E-state index contributed by atoms with van der Waals surface area (Å²) in [5.74, 6) is 7.11. The second-order valence-electron chi connectivity index (χ2n) is 7.70. The molecule has 31 heavy (non-hydrogen) atoms. The van der Waals surface area contributed by atoms with Gasteiger partial charge in [0.05, 0.1) is 6.54 Å². The lowest BCUT2D eigenvalue weighted by molar-refractivity contribution is -0.122. The van der Waals surface area contributed by atoms with E-state index in [2.05, 4.69) is 22.5 Å². The number of para-hydroxylation sites is 1. The Kier molecular flexibility index (Phi) is 7.03. The van der Waals surface area contributed by atoms with Crippen molar-refractivity contribution in [3.05, 3.63) is 48.0 Å². The van der Waals surface area contributed by atoms with Gasteiger partial charge in [-0.1, -0.05) is 30.0 Å². The monoisotopic (exact) mass is 422 g/mol. The number of carbonyl (C=O) groups is 2. The Balaban J connectivity index is 1.38. The van der Waals surface area contributed by atoms with Crippen molar-refractivity contribution in [2.24, 2.45) is 0 Å². The lowest BCUT2D eigenvalue weighted by Crippen LogP contribution is -2.29. The summed E-state index contributed by atoms with van der Waals surface area (Å²) in [7, 11) is 0. The number of anilines is 1. The molecule has 0 saturated heterocycles. The van der Waals surface area contributed by atoms with Crippen LogP contribution in [0.15, 0.2) is 42.5 Å². The zero-order valence-electron chi connectivity index (χ0n) is 17.9. The minimum absolute atomic E-state index is 0.117. The highest BCUT2D eigenvalue weighted by atomic mass is 16.5. The van der Waals surface area contributed by atoms with Gasteiger partial charge < -0.3 is 24.8 Å². The first kappa shape index (κ1) is 22.0. The maximum absolute atomic E-state index is 12.0. The number of fused-ring (bicyclic) bond motifs is 1. The van der Waals surface area contributed by atoms with Crippen LogP contribution in [0.4, 0.5) is 5.69 Å². The molecule has 0 spiro atoms. The van der Waals surface area contributed by atoms with Gasteiger partial charge in [-0.15, -0.1) is 0 Å². The van der Waals surface area contributed by atoms with Crippen LogP contribution in [-0.4, -0.2) is 37.2 Å². The molecule has 0 bridgehead atoms. The second-order valence-corrected chi connectivity index (χ2v) is 7.70. The van der Waals surface area contributed by atoms with Crippen LogP contribution in [0, 0.1) is 11.8 Å². The summed E-state index contributed by atoms with van der Waals surface area (Å²) in [6.07, 6.45) is 0.806. The molecular formula is C24H26N2O5. The summed E-state index contributed by atoms with van der Waals surface area (Å²) < 4.78 is 17.1. The molecule has 2 amide bonds. The van der Waals surface area contributed by atoms with Gasteiger partial charge in [-0.3, -0.25) is 9.59 Å². The summed E-state index contributed by atoms with van der Waals surface area (Å²) in [6.45, 7) is 5.72. The van der Waals surface area contributed by atoms with Gasteiger partial charge in [0.15, 0.2) is 18.1 Å². The zero-order valence-corrected chi connectivity index (χ0v) is 17.9. The Morgan fingerprint density at radius 2 is 1.94 bits per heavy atom. The first-order chi connectivity index (χ1) is 14.8. The molecule has 0 unspecified atom stereocenters. The Morgan fingerprint density at radius 1 is 1.13 bits per heavy atom. The molecule has 7 nitrogen and oxygen atoms in total. The van der Waals surface area contributed by atoms with Gasteiger partial charge in [0.1, 0.15) is 18.0 Å². The van der Waals surface area contributed by atoms with Gasteiger partial charge in [0.25, 0.3) is 5.91 Å². The fourth-order valence-corrected chi connectivity index (χ4v) is 3.14. The van der Waals surface area contributed by atoms with Crippen LogP contribution in [0.25, 0.3) is 0 Å². The molecule has 0 atom stereocenters. The van der Waals surface area contributed by atoms with E-state index in [1.54, 1.807) is 30.3 Å². The van der Waals surface area contributed by atoms with Crippen molar-refractivity contribution in [3.63, 3.8) is 0 Å². The van der Waals surface area contributed by atoms with E-state index >= 15 is 0 Å². The largest absolute Gasteiger partial charge is 0.483 e. The lowest BCUT2D eigenvalue weighted by Gasteiger charge is -2.18. The average Bonchev–Trinajstić information content (AvgIpc) is 3.03. The Labute approximate surface area is 182 Å². The van der Waals surface area contributed by atoms with Crippen LogP contribution in [0.1, 0.15) is 26.3 Å². The smallest absolute Gasteiger partial charge is 0.258 e. The third-order valence-corrected chi connectivity index (χ3v) is 4.38. The normalized spacial score (nSPS) is 13.1. The molecule has 0 aliphatic carbocycles. The van der Waals surface area contributed by atoms with Crippen molar-refractivity contribution < 1.29 is 23.8 Å². The van der Waals surface area contributed by atoms with E-state index in [1.807, 2.05) is 26.0 Å². The molecule has 1 aliphatic heterocycles. The molecule has 162 valence electrons. The molecule has 1 heterocycles. The number of amides is 2. The van der Waals surface area contributed by atoms with E-state index in [0.717, 1.165) is 12.0 Å². The third kappa shape index (κ3) is 6.68. The highest BCUT2D eigenvalue weighted by Gasteiger charge is 2.32. The van der Waals surface area contributed by atoms with Crippen molar-refractivity contribution in [2.45, 2.75) is 32.8 Å². The fourth-order valence-electron chi connectivity index (χ4n) is 3.14. The highest BCUT2D eigenvalue weighted by Crippen LogP contribution is 2.41. The summed E-state index contributed by atoms with van der Waals surface area (Å²) in [5.41, 5.74) is 1.46. The number of hydrogen-bond donors (Lipinski definition) is 2. The van der Waals surface area contributed by atoms with Gasteiger partial charge in [0, 0.05) is 30.7 Å². The fraction of sp³-hybridized carbons (Fsp3) is 0.333. The molecular weight excluding hydrogens is 396 g/mol. The van der Waals surface area contributed by atoms with E-state index in [4.69, 9.17) is 14.2 Å². The number of nitrogens with one attached hydrogen (secondary N) is 2. The molecule has 2 N–H and O–H groups in total. The number of hydrogen-bond acceptors (Lipinski definition) is 5. The summed E-state index contributed by atoms with van der Waals surface area (Å²) >= 11 is 0. The Bertz CT molecular complexity index is 1020. The molecule has 7 heteroatoms. The van der Waals surface area contributed by atoms with Crippen LogP contribution >= 0.6 is 0 Å². The molecule has 1 aliphatic rings. The van der Waals surface area contributed by atoms with Crippen molar-refractivity contribution >= 4 is 17.5 Å². The predicted octanol–water partition coefficient (Wildman–Crippen LogP) is 2.94. The van der Waals surface area contributed by atoms with Gasteiger partial charge in [-0.05, 0) is 32.0 Å². The van der Waals surface area contributed by atoms with Crippen LogP contribution in [0.3, 0.4) is 0 Å². The Morgan fingerprint density at radius 3 is 2.74 bits per heavy atom. The van der Waals surface area contributed by atoms with Gasteiger partial charge in [0.2, 0.25) is 5.91 Å². The van der Waals surface area contributed by atoms with Crippen molar-refractivity contribution in [3.8, 4) is 29.1 Å². The summed E-state index contributed by atoms with van der Waals surface area (Å²) in [6, 6.07) is 12.7. The second kappa shape index (κ2) is 9.90. The molecule has 3 rings (SSSR count). The maximum atomic E-state index is 12.0. The molecule has 0 saturated carbocycles. The number of benzene rings is 2. The molecule has 0 radical (unpaired) electrons. The third-order valence-electron chi connectivity index (χ3n) is 4.38. The summed E-state index contributed by atoms with van der Waals surface area (Å²) in [5, 5.41) is 5.37. The number of rotatable bonds is 7. The predicted molar refractivity (Wildman–Crippen MR) is 117 cm³/mol. The molecule has 0 fully saturated rings. The zero-order chi connectivity index (χ0) is 22.3. The SMILES string of the molecule is CC(=O)Nc1cccc(OCC#CCNC(=O)COc2cccc3c2OC(C)(C)C3)c1. The van der Waals surface area contributed by atoms with E-state index in [1.165, 1.54) is 6.92 Å². The Hall–Kier alpha value is -3.66. The number of carbonyl (C=O) groups excluding carboxylic acids is 2. The quantitative estimate of drug-likeness (QED) is 0.670. The average molecular weight is 422 g/mol. The van der Waals surface area contributed by atoms with E-state index < -0.39 is 0 Å². The van der Waals surface area contributed by atoms with Crippen LogP contribution in [0.2, 0.25) is 0 Å². The first-order valence-electron chi connectivity index (χ1n) is 9.99. The molecule has 0 aromatic heterocycles. The first-order valence-corrected chi connectivity index (χ1v) is 9.99. The van der Waals surface area contributed by atoms with Crippen LogP contribution in [-0.2, 0) is 16.0 Å². The van der Waals surface area contributed by atoms with Crippen LogP contribution < -0.4 is 24.8 Å². The molecule has 2 aromatic carbocycles. The highest BCUT2D eigenvalue weighted by molar-refractivity contribution is 5.88. The minimum Gasteiger partial charge on any atom is -0.483 e. The van der Waals surface area contributed by atoms with Crippen molar-refractivity contribution in [1.29, 1.82) is 0 Å². The van der Waals surface area contributed by atoms with Crippen LogP contribution in [0.5, 0.6) is 17.2 Å². The van der Waals surface area contributed by atoms with E-state index in [-0.39, 0.29) is 37.2 Å². The van der Waals surface area contributed by atoms with E-state index in [9.17, 15) is 9.59 Å². The van der Waals surface area contributed by atoms with Gasteiger partial charge >= 0.3 is 0 Å². The van der Waals surface area contributed by atoms with E-state index in [0.29, 0.717) is 22.9 Å². The molecule has 2 aromatic rings. The standard InChI is InChI=1S/C24H26N2O5/c1-17(27)26-19-9-7-10-20(14-19)29-13-5-4-12-25-22(28)16-30-21-11-6-8-18-15-24(2,3)31-23(18)21/h6-11,14H,12-13,15-16H2,1-3H3,(H,25,28)(H,26,27). The van der Waals surface area contributed by atoms with Gasteiger partial charge in [-0.2, -0.15) is 0 Å². The maximum Gasteiger partial charge on any atom is 0.258 e. The summed E-state index contributed by atoms with van der Waals surface area (Å²) in [4.78, 5) is 23.1.